The Bertz CT molecular complexity index is 527. The quantitative estimate of drug-likeness (QED) is 0.595. The molecule has 0 aromatic carbocycles. The van der Waals surface area contributed by atoms with E-state index >= 15 is 0 Å². The van der Waals surface area contributed by atoms with Crippen molar-refractivity contribution in [3.05, 3.63) is 17.3 Å². The zero-order valence-electron chi connectivity index (χ0n) is 10.1. The number of aryl methyl sites for hydroxylation is 2. The maximum atomic E-state index is 5.43. The topological polar surface area (TPSA) is 68.8 Å². The van der Waals surface area contributed by atoms with Crippen molar-refractivity contribution in [2.45, 2.75) is 26.7 Å². The standard InChI is InChI=1S/C11H17N5/c1-6(2)8-5-9(14-12)13-10-7(3)15-16(4)11(8)10/h5-6H,12H2,1-4H3,(H,13,14). The fourth-order valence-electron chi connectivity index (χ4n) is 1.99. The highest BCUT2D eigenvalue weighted by Crippen LogP contribution is 2.27. The number of pyridine rings is 1. The van der Waals surface area contributed by atoms with Gasteiger partial charge in [-0.3, -0.25) is 4.68 Å². The Hall–Kier alpha value is -1.62. The molecule has 0 amide bonds. The van der Waals surface area contributed by atoms with E-state index in [-0.39, 0.29) is 0 Å². The summed E-state index contributed by atoms with van der Waals surface area (Å²) in [6.07, 6.45) is 0. The number of fused-ring (bicyclic) bond motifs is 1. The van der Waals surface area contributed by atoms with Crippen LogP contribution in [0.1, 0.15) is 31.0 Å². The zero-order valence-corrected chi connectivity index (χ0v) is 10.1. The van der Waals surface area contributed by atoms with E-state index in [1.54, 1.807) is 0 Å². The highest BCUT2D eigenvalue weighted by molar-refractivity contribution is 5.83. The molecule has 2 aromatic heterocycles. The van der Waals surface area contributed by atoms with E-state index in [0.717, 1.165) is 16.7 Å². The Morgan fingerprint density at radius 1 is 1.44 bits per heavy atom. The first-order valence-corrected chi connectivity index (χ1v) is 5.35. The highest BCUT2D eigenvalue weighted by atomic mass is 15.3. The van der Waals surface area contributed by atoms with E-state index in [0.29, 0.717) is 11.7 Å². The van der Waals surface area contributed by atoms with Crippen LogP contribution in [0.3, 0.4) is 0 Å². The van der Waals surface area contributed by atoms with Crippen molar-refractivity contribution >= 4 is 16.9 Å². The molecule has 0 saturated heterocycles. The van der Waals surface area contributed by atoms with Gasteiger partial charge in [0.1, 0.15) is 11.3 Å². The SMILES string of the molecule is Cc1nn(C)c2c(C(C)C)cc(NN)nc12. The Morgan fingerprint density at radius 2 is 2.12 bits per heavy atom. The van der Waals surface area contributed by atoms with E-state index in [1.807, 2.05) is 24.7 Å². The van der Waals surface area contributed by atoms with Crippen molar-refractivity contribution in [2.75, 3.05) is 5.43 Å². The molecule has 16 heavy (non-hydrogen) atoms. The van der Waals surface area contributed by atoms with Gasteiger partial charge in [0, 0.05) is 7.05 Å². The lowest BCUT2D eigenvalue weighted by Crippen LogP contribution is -2.09. The Morgan fingerprint density at radius 3 is 2.69 bits per heavy atom. The molecule has 2 heterocycles. The molecule has 5 heteroatoms. The van der Waals surface area contributed by atoms with Crippen LogP contribution in [0.15, 0.2) is 6.07 Å². The van der Waals surface area contributed by atoms with Crippen molar-refractivity contribution in [3.63, 3.8) is 0 Å². The van der Waals surface area contributed by atoms with Crippen LogP contribution >= 0.6 is 0 Å². The number of hydrogen-bond donors (Lipinski definition) is 2. The summed E-state index contributed by atoms with van der Waals surface area (Å²) in [4.78, 5) is 4.44. The van der Waals surface area contributed by atoms with Gasteiger partial charge in [0.25, 0.3) is 0 Å². The van der Waals surface area contributed by atoms with E-state index in [4.69, 9.17) is 5.84 Å². The normalized spacial score (nSPS) is 11.4. The molecule has 0 aliphatic heterocycles. The van der Waals surface area contributed by atoms with Gasteiger partial charge in [-0.15, -0.1) is 0 Å². The fourth-order valence-corrected chi connectivity index (χ4v) is 1.99. The van der Waals surface area contributed by atoms with Gasteiger partial charge in [0.15, 0.2) is 0 Å². The maximum Gasteiger partial charge on any atom is 0.141 e. The van der Waals surface area contributed by atoms with Crippen LogP contribution in [0.2, 0.25) is 0 Å². The number of nitrogens with two attached hydrogens (primary N) is 1. The second-order valence-corrected chi connectivity index (χ2v) is 4.30. The number of hydrazine groups is 1. The molecule has 0 fully saturated rings. The van der Waals surface area contributed by atoms with Gasteiger partial charge in [-0.1, -0.05) is 13.8 Å². The first kappa shape index (κ1) is 10.9. The molecule has 0 radical (unpaired) electrons. The van der Waals surface area contributed by atoms with Crippen molar-refractivity contribution in [1.29, 1.82) is 0 Å². The second-order valence-electron chi connectivity index (χ2n) is 4.30. The predicted molar refractivity (Wildman–Crippen MR) is 65.1 cm³/mol. The lowest BCUT2D eigenvalue weighted by molar-refractivity contribution is 0.769. The number of anilines is 1. The van der Waals surface area contributed by atoms with Crippen LogP contribution in [0.25, 0.3) is 11.0 Å². The predicted octanol–water partition coefficient (Wildman–Crippen LogP) is 1.69. The molecule has 3 N–H and O–H groups in total. The summed E-state index contributed by atoms with van der Waals surface area (Å²) in [5.41, 5.74) is 6.75. The first-order valence-electron chi connectivity index (χ1n) is 5.35. The average Bonchev–Trinajstić information content (AvgIpc) is 2.53. The lowest BCUT2D eigenvalue weighted by Gasteiger charge is -2.10. The monoisotopic (exact) mass is 219 g/mol. The van der Waals surface area contributed by atoms with E-state index < -0.39 is 0 Å². The number of rotatable bonds is 2. The van der Waals surface area contributed by atoms with Crippen LogP contribution in [0, 0.1) is 6.92 Å². The maximum absolute atomic E-state index is 5.43. The molecule has 0 unspecified atom stereocenters. The van der Waals surface area contributed by atoms with Gasteiger partial charge in [-0.25, -0.2) is 10.8 Å². The number of aromatic nitrogens is 3. The summed E-state index contributed by atoms with van der Waals surface area (Å²) in [6, 6.07) is 1.98. The van der Waals surface area contributed by atoms with Crippen molar-refractivity contribution < 1.29 is 0 Å². The molecule has 0 aliphatic rings. The number of nitrogens with zero attached hydrogens (tertiary/aromatic N) is 3. The molecule has 0 aliphatic carbocycles. The summed E-state index contributed by atoms with van der Waals surface area (Å²) in [7, 11) is 1.94. The van der Waals surface area contributed by atoms with Crippen LogP contribution in [0.5, 0.6) is 0 Å². The van der Waals surface area contributed by atoms with E-state index in [9.17, 15) is 0 Å². The molecule has 0 atom stereocenters. The van der Waals surface area contributed by atoms with Crippen LogP contribution in [-0.4, -0.2) is 14.8 Å². The number of nitrogens with one attached hydrogen (secondary N) is 1. The van der Waals surface area contributed by atoms with Crippen LogP contribution in [-0.2, 0) is 7.05 Å². The minimum Gasteiger partial charge on any atom is -0.308 e. The van der Waals surface area contributed by atoms with Crippen LogP contribution < -0.4 is 11.3 Å². The van der Waals surface area contributed by atoms with E-state index in [2.05, 4.69) is 29.4 Å². The fraction of sp³-hybridized carbons (Fsp3) is 0.455. The van der Waals surface area contributed by atoms with Crippen molar-refractivity contribution in [1.82, 2.24) is 14.8 Å². The van der Waals surface area contributed by atoms with Gasteiger partial charge in [0.2, 0.25) is 0 Å². The Kier molecular flexibility index (Phi) is 2.55. The molecular formula is C11H17N5. The molecule has 2 rings (SSSR count). The lowest BCUT2D eigenvalue weighted by atomic mass is 10.0. The molecule has 0 bridgehead atoms. The Labute approximate surface area is 94.6 Å². The third-order valence-corrected chi connectivity index (χ3v) is 2.76. The summed E-state index contributed by atoms with van der Waals surface area (Å²) >= 11 is 0. The molecule has 0 spiro atoms. The summed E-state index contributed by atoms with van der Waals surface area (Å²) in [5.74, 6) is 6.52. The average molecular weight is 219 g/mol. The van der Waals surface area contributed by atoms with Gasteiger partial charge in [-0.2, -0.15) is 5.10 Å². The third-order valence-electron chi connectivity index (χ3n) is 2.76. The van der Waals surface area contributed by atoms with Gasteiger partial charge >= 0.3 is 0 Å². The summed E-state index contributed by atoms with van der Waals surface area (Å²) in [6.45, 7) is 6.26. The highest BCUT2D eigenvalue weighted by Gasteiger charge is 2.14. The number of hydrogen-bond acceptors (Lipinski definition) is 4. The summed E-state index contributed by atoms with van der Waals surface area (Å²) in [5, 5.41) is 4.39. The molecule has 86 valence electrons. The second kappa shape index (κ2) is 3.75. The minimum absolute atomic E-state index is 0.410. The van der Waals surface area contributed by atoms with E-state index in [1.165, 1.54) is 5.56 Å². The molecule has 0 saturated carbocycles. The first-order chi connectivity index (χ1) is 7.54. The van der Waals surface area contributed by atoms with Crippen molar-refractivity contribution in [3.8, 4) is 0 Å². The number of nitrogen functional groups attached to an aromatic ring is 1. The zero-order chi connectivity index (χ0) is 11.9. The van der Waals surface area contributed by atoms with Gasteiger partial charge in [0.05, 0.1) is 11.2 Å². The summed E-state index contributed by atoms with van der Waals surface area (Å²) < 4.78 is 1.88. The molecular weight excluding hydrogens is 202 g/mol. The van der Waals surface area contributed by atoms with Gasteiger partial charge in [-0.05, 0) is 24.5 Å². The van der Waals surface area contributed by atoms with Crippen molar-refractivity contribution in [2.24, 2.45) is 12.9 Å². The minimum atomic E-state index is 0.410. The molecule has 2 aromatic rings. The molecule has 5 nitrogen and oxygen atoms in total. The third kappa shape index (κ3) is 1.53. The van der Waals surface area contributed by atoms with Gasteiger partial charge < -0.3 is 5.43 Å². The smallest absolute Gasteiger partial charge is 0.141 e. The Balaban J connectivity index is 2.84. The van der Waals surface area contributed by atoms with Crippen LogP contribution in [0.4, 0.5) is 5.82 Å². The largest absolute Gasteiger partial charge is 0.308 e.